The van der Waals surface area contributed by atoms with Crippen molar-refractivity contribution in [2.75, 3.05) is 13.1 Å². The molecule has 1 atom stereocenters. The first-order valence-corrected chi connectivity index (χ1v) is 10.1. The third-order valence-electron chi connectivity index (χ3n) is 6.46. The lowest BCUT2D eigenvalue weighted by atomic mass is 9.76. The number of piperidine rings is 1. The van der Waals surface area contributed by atoms with Gasteiger partial charge in [-0.3, -0.25) is 14.7 Å². The Kier molecular flexibility index (Phi) is 4.03. The fraction of sp³-hybridized carbons (Fsp3) is 0.600. The minimum absolute atomic E-state index is 0.0457. The van der Waals surface area contributed by atoms with Crippen molar-refractivity contribution in [3.8, 4) is 0 Å². The quantitative estimate of drug-likeness (QED) is 0.816. The number of likely N-dealkylation sites (tertiary alicyclic amines) is 1. The van der Waals surface area contributed by atoms with Gasteiger partial charge in [-0.1, -0.05) is 0 Å². The standard InChI is InChI=1S/C20H25N5O3/c1-13-16(17(23-22-13)14-2-3-14)18(26)25-7-4-20(5-8-25)10-15(28-19(20)27)11-24-9-6-21-12-24/h6,9,12,14-15H,2-5,7-8,10-11H2,1H3,(H,22,23). The van der Waals surface area contributed by atoms with Crippen molar-refractivity contribution in [2.45, 2.75) is 57.6 Å². The first-order valence-electron chi connectivity index (χ1n) is 10.1. The molecule has 0 radical (unpaired) electrons. The van der Waals surface area contributed by atoms with Crippen LogP contribution in [0.3, 0.4) is 0 Å². The van der Waals surface area contributed by atoms with Crippen LogP contribution in [-0.4, -0.2) is 55.7 Å². The van der Waals surface area contributed by atoms with Gasteiger partial charge in [0, 0.05) is 43.5 Å². The summed E-state index contributed by atoms with van der Waals surface area (Å²) in [6.07, 6.45) is 9.47. The van der Waals surface area contributed by atoms with Gasteiger partial charge in [-0.25, -0.2) is 4.98 Å². The first-order chi connectivity index (χ1) is 13.6. The largest absolute Gasteiger partial charge is 0.460 e. The second-order valence-corrected chi connectivity index (χ2v) is 8.45. The van der Waals surface area contributed by atoms with E-state index in [0.717, 1.165) is 29.8 Å². The highest BCUT2D eigenvalue weighted by Crippen LogP contribution is 2.45. The van der Waals surface area contributed by atoms with E-state index in [1.165, 1.54) is 0 Å². The summed E-state index contributed by atoms with van der Waals surface area (Å²) < 4.78 is 7.61. The normalized spacial score (nSPS) is 24.0. The number of cyclic esters (lactones) is 1. The number of aryl methyl sites for hydroxylation is 1. The smallest absolute Gasteiger partial charge is 0.312 e. The molecule has 1 aliphatic carbocycles. The molecule has 28 heavy (non-hydrogen) atoms. The van der Waals surface area contributed by atoms with E-state index in [0.29, 0.717) is 44.8 Å². The Bertz CT molecular complexity index is 891. The van der Waals surface area contributed by atoms with Crippen LogP contribution in [0.4, 0.5) is 0 Å². The molecule has 8 nitrogen and oxygen atoms in total. The number of nitrogens with zero attached hydrogens (tertiary/aromatic N) is 4. The Balaban J connectivity index is 1.25. The predicted octanol–water partition coefficient (Wildman–Crippen LogP) is 2.03. The lowest BCUT2D eigenvalue weighted by Crippen LogP contribution is -2.45. The van der Waals surface area contributed by atoms with Gasteiger partial charge in [0.2, 0.25) is 0 Å². The van der Waals surface area contributed by atoms with Gasteiger partial charge in [0.1, 0.15) is 6.10 Å². The van der Waals surface area contributed by atoms with Crippen molar-refractivity contribution >= 4 is 11.9 Å². The molecule has 5 rings (SSSR count). The van der Waals surface area contributed by atoms with Gasteiger partial charge in [0.25, 0.3) is 5.91 Å². The Hall–Kier alpha value is -2.64. The van der Waals surface area contributed by atoms with Crippen molar-refractivity contribution < 1.29 is 14.3 Å². The molecule has 1 N–H and O–H groups in total. The second kappa shape index (κ2) is 6.46. The Morgan fingerprint density at radius 2 is 2.14 bits per heavy atom. The topological polar surface area (TPSA) is 93.1 Å². The molecule has 3 fully saturated rings. The number of hydrogen-bond donors (Lipinski definition) is 1. The van der Waals surface area contributed by atoms with Crippen molar-refractivity contribution in [2.24, 2.45) is 5.41 Å². The maximum atomic E-state index is 13.1. The highest BCUT2D eigenvalue weighted by molar-refractivity contribution is 5.97. The highest BCUT2D eigenvalue weighted by Gasteiger charge is 2.51. The molecular formula is C20H25N5O3. The maximum Gasteiger partial charge on any atom is 0.312 e. The Morgan fingerprint density at radius 3 is 2.82 bits per heavy atom. The van der Waals surface area contributed by atoms with Crippen LogP contribution in [0.5, 0.6) is 0 Å². The zero-order chi connectivity index (χ0) is 19.3. The van der Waals surface area contributed by atoms with Gasteiger partial charge in [0.15, 0.2) is 0 Å². The predicted molar refractivity (Wildman–Crippen MR) is 99.6 cm³/mol. The number of esters is 1. The summed E-state index contributed by atoms with van der Waals surface area (Å²) in [5.41, 5.74) is 2.05. The molecule has 1 amide bonds. The minimum atomic E-state index is -0.452. The zero-order valence-electron chi connectivity index (χ0n) is 16.1. The van der Waals surface area contributed by atoms with E-state index in [-0.39, 0.29) is 18.0 Å². The highest BCUT2D eigenvalue weighted by atomic mass is 16.6. The molecule has 3 aliphatic rings. The van der Waals surface area contributed by atoms with Gasteiger partial charge in [-0.15, -0.1) is 0 Å². The molecule has 4 heterocycles. The van der Waals surface area contributed by atoms with E-state index in [9.17, 15) is 9.59 Å². The van der Waals surface area contributed by atoms with Gasteiger partial charge in [-0.2, -0.15) is 5.10 Å². The maximum absolute atomic E-state index is 13.1. The van der Waals surface area contributed by atoms with Crippen LogP contribution in [0, 0.1) is 12.3 Å². The number of aromatic amines is 1. The van der Waals surface area contributed by atoms with E-state index < -0.39 is 5.41 Å². The third kappa shape index (κ3) is 2.91. The number of nitrogens with one attached hydrogen (secondary N) is 1. The molecule has 2 saturated heterocycles. The molecule has 0 aromatic carbocycles. The third-order valence-corrected chi connectivity index (χ3v) is 6.46. The fourth-order valence-corrected chi connectivity index (χ4v) is 4.64. The summed E-state index contributed by atoms with van der Waals surface area (Å²) in [7, 11) is 0. The second-order valence-electron chi connectivity index (χ2n) is 8.45. The first kappa shape index (κ1) is 17.5. The Labute approximate surface area is 163 Å². The number of imidazole rings is 1. The van der Waals surface area contributed by atoms with Gasteiger partial charge in [0.05, 0.1) is 29.5 Å². The van der Waals surface area contributed by atoms with Crippen molar-refractivity contribution in [3.63, 3.8) is 0 Å². The SMILES string of the molecule is Cc1[nH]nc(C2CC2)c1C(=O)N1CCC2(CC1)CC(Cn1ccnc1)OC2=O. The Morgan fingerprint density at radius 1 is 1.36 bits per heavy atom. The van der Waals surface area contributed by atoms with Gasteiger partial charge in [-0.05, 0) is 32.6 Å². The van der Waals surface area contributed by atoms with E-state index in [4.69, 9.17) is 4.74 Å². The number of hydrogen-bond acceptors (Lipinski definition) is 5. The number of ether oxygens (including phenoxy) is 1. The van der Waals surface area contributed by atoms with Crippen LogP contribution in [0.25, 0.3) is 0 Å². The van der Waals surface area contributed by atoms with Crippen LogP contribution >= 0.6 is 0 Å². The number of aromatic nitrogens is 4. The molecule has 0 bridgehead atoms. The summed E-state index contributed by atoms with van der Waals surface area (Å²) in [4.78, 5) is 31.7. The van der Waals surface area contributed by atoms with E-state index in [1.807, 2.05) is 22.6 Å². The number of H-pyrrole nitrogens is 1. The van der Waals surface area contributed by atoms with Crippen molar-refractivity contribution in [1.82, 2.24) is 24.6 Å². The summed E-state index contributed by atoms with van der Waals surface area (Å²) in [5, 5.41) is 7.35. The molecule has 1 spiro atoms. The molecule has 1 saturated carbocycles. The lowest BCUT2D eigenvalue weighted by Gasteiger charge is -2.36. The van der Waals surface area contributed by atoms with Crippen molar-refractivity contribution in [3.05, 3.63) is 35.7 Å². The van der Waals surface area contributed by atoms with E-state index >= 15 is 0 Å². The van der Waals surface area contributed by atoms with E-state index in [2.05, 4.69) is 15.2 Å². The summed E-state index contributed by atoms with van der Waals surface area (Å²) in [5.74, 6) is 0.362. The summed E-state index contributed by atoms with van der Waals surface area (Å²) in [6, 6.07) is 0. The van der Waals surface area contributed by atoms with Crippen LogP contribution in [0.2, 0.25) is 0 Å². The number of carbonyl (C=O) groups excluding carboxylic acids is 2. The number of amides is 1. The van der Waals surface area contributed by atoms with E-state index in [1.54, 1.807) is 12.5 Å². The lowest BCUT2D eigenvalue weighted by molar-refractivity contribution is -0.150. The molecule has 2 aliphatic heterocycles. The van der Waals surface area contributed by atoms with Crippen LogP contribution in [-0.2, 0) is 16.1 Å². The summed E-state index contributed by atoms with van der Waals surface area (Å²) in [6.45, 7) is 3.71. The molecule has 2 aromatic rings. The monoisotopic (exact) mass is 383 g/mol. The number of rotatable bonds is 4. The van der Waals surface area contributed by atoms with Crippen LogP contribution in [0.15, 0.2) is 18.7 Å². The summed E-state index contributed by atoms with van der Waals surface area (Å²) >= 11 is 0. The van der Waals surface area contributed by atoms with Crippen LogP contribution in [0.1, 0.15) is 59.8 Å². The molecular weight excluding hydrogens is 358 g/mol. The average molecular weight is 383 g/mol. The van der Waals surface area contributed by atoms with Crippen LogP contribution < -0.4 is 0 Å². The molecule has 148 valence electrons. The molecule has 2 aromatic heterocycles. The minimum Gasteiger partial charge on any atom is -0.460 e. The molecule has 1 unspecified atom stereocenters. The zero-order valence-corrected chi connectivity index (χ0v) is 16.1. The fourth-order valence-electron chi connectivity index (χ4n) is 4.64. The van der Waals surface area contributed by atoms with Crippen molar-refractivity contribution in [1.29, 1.82) is 0 Å². The van der Waals surface area contributed by atoms with Gasteiger partial charge < -0.3 is 14.2 Å². The molecule has 8 heteroatoms. The average Bonchev–Trinajstić information content (AvgIpc) is 3.13. The number of carbonyl (C=O) groups is 2. The van der Waals surface area contributed by atoms with Gasteiger partial charge >= 0.3 is 5.97 Å².